The molecule has 7 heteroatoms. The van der Waals surface area contributed by atoms with E-state index in [4.69, 9.17) is 9.84 Å². The van der Waals surface area contributed by atoms with Crippen LogP contribution in [-0.4, -0.2) is 65.1 Å². The van der Waals surface area contributed by atoms with E-state index in [1.807, 2.05) is 13.8 Å². The van der Waals surface area contributed by atoms with Crippen molar-refractivity contribution in [1.82, 2.24) is 10.2 Å². The van der Waals surface area contributed by atoms with E-state index >= 15 is 0 Å². The number of urea groups is 1. The molecule has 0 aromatic heterocycles. The molecule has 0 spiro atoms. The number of carboxylic acids is 1. The van der Waals surface area contributed by atoms with Crippen LogP contribution >= 0.6 is 0 Å². The second kappa shape index (κ2) is 6.90. The van der Waals surface area contributed by atoms with Crippen molar-refractivity contribution in [2.75, 3.05) is 26.2 Å². The Morgan fingerprint density at radius 3 is 2.70 bits per heavy atom. The lowest BCUT2D eigenvalue weighted by Crippen LogP contribution is -2.58. The average Bonchev–Trinajstić information content (AvgIpc) is 2.33. The first-order valence-corrected chi connectivity index (χ1v) is 6.76. The third-order valence-corrected chi connectivity index (χ3v) is 3.10. The summed E-state index contributed by atoms with van der Waals surface area (Å²) >= 11 is 0. The number of carboxylic acid groups (broad SMARTS) is 1. The number of aliphatic carboxylic acids is 1. The van der Waals surface area contributed by atoms with E-state index in [1.165, 1.54) is 0 Å². The second-order valence-electron chi connectivity index (χ2n) is 5.95. The molecule has 2 atom stereocenters. The fourth-order valence-corrected chi connectivity index (χ4v) is 2.29. The van der Waals surface area contributed by atoms with Crippen LogP contribution in [0.15, 0.2) is 0 Å². The number of hydrogen-bond acceptors (Lipinski definition) is 4. The third kappa shape index (κ3) is 5.34. The number of aliphatic hydroxyl groups is 1. The monoisotopic (exact) mass is 288 g/mol. The van der Waals surface area contributed by atoms with Crippen molar-refractivity contribution >= 4 is 12.0 Å². The highest BCUT2D eigenvalue weighted by atomic mass is 16.5. The number of ether oxygens (including phenoxy) is 1. The molecule has 1 rings (SSSR count). The summed E-state index contributed by atoms with van der Waals surface area (Å²) in [5, 5.41) is 20.6. The van der Waals surface area contributed by atoms with Crippen LogP contribution in [0.5, 0.6) is 0 Å². The molecule has 0 aromatic rings. The Hall–Kier alpha value is -1.34. The van der Waals surface area contributed by atoms with Gasteiger partial charge >= 0.3 is 12.0 Å². The first kappa shape index (κ1) is 16.7. The Kier molecular flexibility index (Phi) is 5.76. The summed E-state index contributed by atoms with van der Waals surface area (Å²) in [5.41, 5.74) is -0.504. The lowest BCUT2D eigenvalue weighted by Gasteiger charge is -2.42. The third-order valence-electron chi connectivity index (χ3n) is 3.10. The summed E-state index contributed by atoms with van der Waals surface area (Å²) < 4.78 is 5.63. The minimum atomic E-state index is -0.875. The zero-order valence-electron chi connectivity index (χ0n) is 12.3. The molecule has 2 unspecified atom stereocenters. The van der Waals surface area contributed by atoms with Gasteiger partial charge in [0.1, 0.15) is 0 Å². The molecule has 1 aliphatic heterocycles. The summed E-state index contributed by atoms with van der Waals surface area (Å²) in [6.45, 7) is 6.44. The van der Waals surface area contributed by atoms with Gasteiger partial charge in [0, 0.05) is 13.0 Å². The predicted molar refractivity (Wildman–Crippen MR) is 72.4 cm³/mol. The molecule has 2 amide bonds. The Bertz CT molecular complexity index is 359. The summed E-state index contributed by atoms with van der Waals surface area (Å²) in [6.07, 6.45) is -0.366. The smallest absolute Gasteiger partial charge is 0.317 e. The molecule has 1 saturated heterocycles. The molecule has 1 aliphatic rings. The number of rotatable bonds is 5. The molecule has 0 radical (unpaired) electrons. The van der Waals surface area contributed by atoms with Crippen LogP contribution in [0, 0.1) is 5.92 Å². The molecule has 116 valence electrons. The molecule has 0 bridgehead atoms. The van der Waals surface area contributed by atoms with Gasteiger partial charge in [0.25, 0.3) is 0 Å². The molecular formula is C13H24N2O5. The predicted octanol–water partition coefficient (Wildman–Crippen LogP) is 0.279. The topological polar surface area (TPSA) is 99.1 Å². The number of morpholine rings is 1. The van der Waals surface area contributed by atoms with E-state index < -0.39 is 11.6 Å². The molecule has 1 heterocycles. The Morgan fingerprint density at radius 2 is 2.15 bits per heavy atom. The van der Waals surface area contributed by atoms with Crippen molar-refractivity contribution in [2.24, 2.45) is 5.92 Å². The number of carbonyl (C=O) groups excluding carboxylic acids is 1. The molecule has 0 aromatic carbocycles. The van der Waals surface area contributed by atoms with Crippen LogP contribution in [0.4, 0.5) is 4.79 Å². The number of amides is 2. The maximum Gasteiger partial charge on any atom is 0.317 e. The van der Waals surface area contributed by atoms with Crippen molar-refractivity contribution in [3.63, 3.8) is 0 Å². The number of hydrogen-bond donors (Lipinski definition) is 3. The molecule has 7 nitrogen and oxygen atoms in total. The summed E-state index contributed by atoms with van der Waals surface area (Å²) in [5.74, 6) is -1.00. The maximum atomic E-state index is 12.1. The van der Waals surface area contributed by atoms with Crippen molar-refractivity contribution < 1.29 is 24.5 Å². The van der Waals surface area contributed by atoms with Crippen molar-refractivity contribution in [3.05, 3.63) is 0 Å². The molecular weight excluding hydrogens is 264 g/mol. The lowest BCUT2D eigenvalue weighted by molar-refractivity contribution is -0.138. The summed E-state index contributed by atoms with van der Waals surface area (Å²) in [6, 6.07) is -0.253. The van der Waals surface area contributed by atoms with Crippen LogP contribution in [0.25, 0.3) is 0 Å². The fraction of sp³-hybridized carbons (Fsp3) is 0.846. The van der Waals surface area contributed by atoms with E-state index in [1.54, 1.807) is 11.8 Å². The number of nitrogens with zero attached hydrogens (tertiary/aromatic N) is 1. The van der Waals surface area contributed by atoms with E-state index in [0.717, 1.165) is 0 Å². The molecule has 0 saturated carbocycles. The Balaban J connectivity index is 2.47. The van der Waals surface area contributed by atoms with Crippen LogP contribution in [0.1, 0.15) is 27.2 Å². The van der Waals surface area contributed by atoms with Gasteiger partial charge in [-0.15, -0.1) is 0 Å². The molecule has 3 N–H and O–H groups in total. The zero-order valence-corrected chi connectivity index (χ0v) is 12.3. The van der Waals surface area contributed by atoms with Crippen LogP contribution in [0.2, 0.25) is 0 Å². The SMILES string of the molecule is CC(CNC(=O)N1CC(CO)OC(C)(C)C1)CC(=O)O. The van der Waals surface area contributed by atoms with Gasteiger partial charge in [-0.3, -0.25) is 4.79 Å². The Labute approximate surface area is 118 Å². The van der Waals surface area contributed by atoms with Crippen molar-refractivity contribution in [1.29, 1.82) is 0 Å². The largest absolute Gasteiger partial charge is 0.481 e. The second-order valence-corrected chi connectivity index (χ2v) is 5.95. The highest BCUT2D eigenvalue weighted by Crippen LogP contribution is 2.20. The molecule has 1 fully saturated rings. The first-order valence-electron chi connectivity index (χ1n) is 6.76. The number of nitrogens with one attached hydrogen (secondary N) is 1. The fourth-order valence-electron chi connectivity index (χ4n) is 2.29. The van der Waals surface area contributed by atoms with Gasteiger partial charge in [-0.25, -0.2) is 4.79 Å². The Morgan fingerprint density at radius 1 is 1.50 bits per heavy atom. The van der Waals surface area contributed by atoms with E-state index in [2.05, 4.69) is 5.32 Å². The minimum absolute atomic E-state index is 0.0220. The number of aliphatic hydroxyl groups excluding tert-OH is 1. The maximum absolute atomic E-state index is 12.1. The molecule has 0 aliphatic carbocycles. The normalized spacial score (nSPS) is 23.2. The van der Waals surface area contributed by atoms with Gasteiger partial charge < -0.3 is 25.2 Å². The van der Waals surface area contributed by atoms with Gasteiger partial charge in [0.05, 0.1) is 31.4 Å². The quantitative estimate of drug-likeness (QED) is 0.675. The van der Waals surface area contributed by atoms with E-state index in [0.29, 0.717) is 19.6 Å². The molecule has 20 heavy (non-hydrogen) atoms. The summed E-state index contributed by atoms with van der Waals surface area (Å²) in [4.78, 5) is 24.2. The summed E-state index contributed by atoms with van der Waals surface area (Å²) in [7, 11) is 0. The van der Waals surface area contributed by atoms with Gasteiger partial charge in [0.15, 0.2) is 0 Å². The van der Waals surface area contributed by atoms with Gasteiger partial charge in [0.2, 0.25) is 0 Å². The van der Waals surface area contributed by atoms with Crippen molar-refractivity contribution in [3.8, 4) is 0 Å². The lowest BCUT2D eigenvalue weighted by atomic mass is 10.1. The standard InChI is InChI=1S/C13H24N2O5/c1-9(4-11(17)18)5-14-12(19)15-6-10(7-16)20-13(2,3)8-15/h9-10,16H,4-8H2,1-3H3,(H,14,19)(H,17,18). The van der Waals surface area contributed by atoms with Gasteiger partial charge in [-0.2, -0.15) is 0 Å². The highest BCUT2D eigenvalue weighted by molar-refractivity contribution is 5.74. The minimum Gasteiger partial charge on any atom is -0.481 e. The van der Waals surface area contributed by atoms with Crippen LogP contribution in [-0.2, 0) is 9.53 Å². The van der Waals surface area contributed by atoms with Crippen LogP contribution in [0.3, 0.4) is 0 Å². The van der Waals surface area contributed by atoms with E-state index in [-0.39, 0.29) is 31.1 Å². The van der Waals surface area contributed by atoms with Crippen LogP contribution < -0.4 is 5.32 Å². The van der Waals surface area contributed by atoms with Gasteiger partial charge in [-0.05, 0) is 19.8 Å². The highest BCUT2D eigenvalue weighted by Gasteiger charge is 2.35. The first-order chi connectivity index (χ1) is 9.23. The number of carbonyl (C=O) groups is 2. The van der Waals surface area contributed by atoms with Crippen molar-refractivity contribution in [2.45, 2.75) is 38.9 Å². The zero-order chi connectivity index (χ0) is 15.3. The van der Waals surface area contributed by atoms with E-state index in [9.17, 15) is 14.7 Å². The van der Waals surface area contributed by atoms with Gasteiger partial charge in [-0.1, -0.05) is 6.92 Å². The average molecular weight is 288 g/mol.